The van der Waals surface area contributed by atoms with Crippen LogP contribution in [0.25, 0.3) is 10.9 Å². The molecule has 0 bridgehead atoms. The van der Waals surface area contributed by atoms with Gasteiger partial charge in [0.05, 0.1) is 6.42 Å². The van der Waals surface area contributed by atoms with Crippen LogP contribution < -0.4 is 5.73 Å². The summed E-state index contributed by atoms with van der Waals surface area (Å²) in [6.45, 7) is 0. The van der Waals surface area contributed by atoms with Gasteiger partial charge in [0.1, 0.15) is 0 Å². The van der Waals surface area contributed by atoms with E-state index in [1.54, 1.807) is 12.1 Å². The quantitative estimate of drug-likeness (QED) is 0.329. The molecule has 0 amide bonds. The van der Waals surface area contributed by atoms with E-state index in [4.69, 9.17) is 10.6 Å². The zero-order chi connectivity index (χ0) is 16.1. The van der Waals surface area contributed by atoms with E-state index >= 15 is 0 Å². The molecular formula is C18H17N3O2. The fraction of sp³-hybridized carbons (Fsp3) is 0.111. The fourth-order valence-corrected chi connectivity index (χ4v) is 2.38. The van der Waals surface area contributed by atoms with Crippen LogP contribution in [0, 0.1) is 0 Å². The lowest BCUT2D eigenvalue weighted by atomic mass is 10.1. The zero-order valence-electron chi connectivity index (χ0n) is 12.5. The summed E-state index contributed by atoms with van der Waals surface area (Å²) in [5.41, 5.74) is 8.63. The largest absolute Gasteiger partial charge is 0.380 e. The Morgan fingerprint density at radius 3 is 2.65 bits per heavy atom. The van der Waals surface area contributed by atoms with Gasteiger partial charge in [-0.2, -0.15) is 0 Å². The maximum absolute atomic E-state index is 11.8. The van der Waals surface area contributed by atoms with Crippen LogP contribution in [0.4, 0.5) is 0 Å². The number of hydrogen-bond donors (Lipinski definition) is 2. The second-order valence-electron chi connectivity index (χ2n) is 5.17. The van der Waals surface area contributed by atoms with E-state index in [0.717, 1.165) is 22.0 Å². The topological polar surface area (TPSA) is 80.5 Å². The number of benzene rings is 2. The molecule has 0 radical (unpaired) electrons. The van der Waals surface area contributed by atoms with Gasteiger partial charge in [-0.25, -0.2) is 4.79 Å². The number of nitrogens with one attached hydrogen (secondary N) is 1. The lowest BCUT2D eigenvalue weighted by Gasteiger charge is -2.01. The van der Waals surface area contributed by atoms with Gasteiger partial charge in [-0.05, 0) is 18.1 Å². The summed E-state index contributed by atoms with van der Waals surface area (Å²) in [4.78, 5) is 19.9. The Morgan fingerprint density at radius 1 is 1.09 bits per heavy atom. The molecule has 5 heteroatoms. The summed E-state index contributed by atoms with van der Waals surface area (Å²) in [7, 11) is 0. The molecule has 0 atom stereocenters. The van der Waals surface area contributed by atoms with Crippen molar-refractivity contribution in [1.82, 2.24) is 4.98 Å². The number of carbonyl (C=O) groups excluding carboxylic acids is 1. The van der Waals surface area contributed by atoms with Gasteiger partial charge in [0.25, 0.3) is 0 Å². The number of nitrogens with zero attached hydrogens (tertiary/aromatic N) is 1. The molecule has 0 aliphatic carbocycles. The second kappa shape index (κ2) is 6.79. The lowest BCUT2D eigenvalue weighted by Crippen LogP contribution is -2.15. The highest BCUT2D eigenvalue weighted by atomic mass is 16.7. The van der Waals surface area contributed by atoms with Gasteiger partial charge in [-0.3, -0.25) is 0 Å². The molecule has 116 valence electrons. The molecule has 1 heterocycles. The Morgan fingerprint density at radius 2 is 1.83 bits per heavy atom. The number of amidine groups is 1. The number of fused-ring (bicyclic) bond motifs is 1. The average Bonchev–Trinajstić information content (AvgIpc) is 3.02. The van der Waals surface area contributed by atoms with Crippen molar-refractivity contribution >= 4 is 22.7 Å². The third-order valence-corrected chi connectivity index (χ3v) is 3.59. The van der Waals surface area contributed by atoms with Gasteiger partial charge >= 0.3 is 5.97 Å². The minimum atomic E-state index is -0.408. The van der Waals surface area contributed by atoms with Gasteiger partial charge in [0, 0.05) is 22.7 Å². The molecule has 5 nitrogen and oxygen atoms in total. The van der Waals surface area contributed by atoms with E-state index in [9.17, 15) is 4.79 Å². The van der Waals surface area contributed by atoms with E-state index < -0.39 is 5.97 Å². The smallest absolute Gasteiger partial charge is 0.335 e. The van der Waals surface area contributed by atoms with Crippen LogP contribution >= 0.6 is 0 Å². The number of aromatic nitrogens is 1. The monoisotopic (exact) mass is 307 g/mol. The third kappa shape index (κ3) is 3.58. The Bertz CT molecular complexity index is 838. The molecule has 3 aromatic rings. The zero-order valence-corrected chi connectivity index (χ0v) is 12.5. The van der Waals surface area contributed by atoms with E-state index in [2.05, 4.69) is 10.1 Å². The van der Waals surface area contributed by atoms with Crippen LogP contribution in [0.15, 0.2) is 65.9 Å². The van der Waals surface area contributed by atoms with Gasteiger partial charge in [-0.15, -0.1) is 0 Å². The van der Waals surface area contributed by atoms with Crippen molar-refractivity contribution in [3.05, 3.63) is 71.9 Å². The highest BCUT2D eigenvalue weighted by Crippen LogP contribution is 2.19. The van der Waals surface area contributed by atoms with Crippen molar-refractivity contribution in [3.63, 3.8) is 0 Å². The first-order valence-corrected chi connectivity index (χ1v) is 7.38. The van der Waals surface area contributed by atoms with Crippen LogP contribution in [0.3, 0.4) is 0 Å². The van der Waals surface area contributed by atoms with Crippen LogP contribution in [0.2, 0.25) is 0 Å². The number of nitrogens with two attached hydrogens (primary N) is 1. The molecule has 0 saturated carbocycles. The number of hydrogen-bond acceptors (Lipinski definition) is 3. The second-order valence-corrected chi connectivity index (χ2v) is 5.17. The number of carbonyl (C=O) groups is 1. The van der Waals surface area contributed by atoms with Crippen molar-refractivity contribution in [2.24, 2.45) is 10.9 Å². The normalized spacial score (nSPS) is 11.6. The number of H-pyrrole nitrogens is 1. The van der Waals surface area contributed by atoms with E-state index in [1.807, 2.05) is 48.7 Å². The summed E-state index contributed by atoms with van der Waals surface area (Å²) < 4.78 is 0. The summed E-state index contributed by atoms with van der Waals surface area (Å²) in [5.74, 6) is -0.222. The Hall–Kier alpha value is -3.08. The van der Waals surface area contributed by atoms with Gasteiger partial charge < -0.3 is 15.6 Å². The molecule has 0 spiro atoms. The minimum Gasteiger partial charge on any atom is -0.380 e. The minimum absolute atomic E-state index is 0.186. The summed E-state index contributed by atoms with van der Waals surface area (Å²) >= 11 is 0. The Balaban J connectivity index is 1.58. The summed E-state index contributed by atoms with van der Waals surface area (Å²) in [6.07, 6.45) is 2.75. The molecule has 0 unspecified atom stereocenters. The van der Waals surface area contributed by atoms with Gasteiger partial charge in [0.2, 0.25) is 0 Å². The predicted octanol–water partition coefficient (Wildman–Crippen LogP) is 2.96. The molecule has 0 fully saturated rings. The number of rotatable bonds is 5. The van der Waals surface area contributed by atoms with Crippen molar-refractivity contribution in [2.45, 2.75) is 12.8 Å². The SMILES string of the molecule is N/C(=N\OC(=O)CCc1c[nH]c2ccccc12)c1ccccc1. The molecule has 0 saturated heterocycles. The van der Waals surface area contributed by atoms with Crippen LogP contribution in [0.1, 0.15) is 17.5 Å². The maximum Gasteiger partial charge on any atom is 0.335 e. The van der Waals surface area contributed by atoms with Crippen LogP contribution in [-0.2, 0) is 16.1 Å². The molecule has 0 aliphatic heterocycles. The molecule has 1 aromatic heterocycles. The van der Waals surface area contributed by atoms with Crippen LogP contribution in [0.5, 0.6) is 0 Å². The first-order valence-electron chi connectivity index (χ1n) is 7.38. The molecule has 2 aromatic carbocycles. The number of para-hydroxylation sites is 1. The highest BCUT2D eigenvalue weighted by molar-refractivity contribution is 5.97. The number of aryl methyl sites for hydroxylation is 1. The third-order valence-electron chi connectivity index (χ3n) is 3.59. The van der Waals surface area contributed by atoms with Crippen molar-refractivity contribution < 1.29 is 9.63 Å². The molecule has 23 heavy (non-hydrogen) atoms. The standard InChI is InChI=1S/C18H17N3O2/c19-18(13-6-2-1-3-7-13)21-23-17(22)11-10-14-12-20-16-9-5-4-8-15(14)16/h1-9,12,20H,10-11H2,(H2,19,21). The van der Waals surface area contributed by atoms with Crippen LogP contribution in [-0.4, -0.2) is 16.8 Å². The van der Waals surface area contributed by atoms with Gasteiger partial charge in [-0.1, -0.05) is 53.7 Å². The molecular weight excluding hydrogens is 290 g/mol. The summed E-state index contributed by atoms with van der Waals surface area (Å²) in [5, 5.41) is 4.81. The molecule has 3 N–H and O–H groups in total. The van der Waals surface area contributed by atoms with Gasteiger partial charge in [0.15, 0.2) is 5.84 Å². The number of aromatic amines is 1. The lowest BCUT2D eigenvalue weighted by molar-refractivity contribution is -0.143. The highest BCUT2D eigenvalue weighted by Gasteiger charge is 2.08. The Kier molecular flexibility index (Phi) is 4.38. The Labute approximate surface area is 133 Å². The molecule has 0 aliphatic rings. The van der Waals surface area contributed by atoms with E-state index in [1.165, 1.54) is 0 Å². The van der Waals surface area contributed by atoms with E-state index in [-0.39, 0.29) is 12.3 Å². The van der Waals surface area contributed by atoms with Crippen molar-refractivity contribution in [2.75, 3.05) is 0 Å². The summed E-state index contributed by atoms with van der Waals surface area (Å²) in [6, 6.07) is 17.1. The first kappa shape index (κ1) is 14.8. The van der Waals surface area contributed by atoms with E-state index in [0.29, 0.717) is 6.42 Å². The first-order chi connectivity index (χ1) is 11.2. The number of oxime groups is 1. The molecule has 3 rings (SSSR count). The predicted molar refractivity (Wildman–Crippen MR) is 89.9 cm³/mol. The average molecular weight is 307 g/mol. The van der Waals surface area contributed by atoms with Crippen molar-refractivity contribution in [3.8, 4) is 0 Å². The maximum atomic E-state index is 11.8. The fourth-order valence-electron chi connectivity index (χ4n) is 2.38. The van der Waals surface area contributed by atoms with Crippen molar-refractivity contribution in [1.29, 1.82) is 0 Å².